The summed E-state index contributed by atoms with van der Waals surface area (Å²) < 4.78 is 30.7. The Kier molecular flexibility index (Phi) is 4.84. The highest BCUT2D eigenvalue weighted by atomic mass is 32.2. The predicted octanol–water partition coefficient (Wildman–Crippen LogP) is 0.910. The molecule has 1 heterocycles. The van der Waals surface area contributed by atoms with Crippen LogP contribution in [-0.2, 0) is 32.5 Å². The Balaban J connectivity index is 2.04. The van der Waals surface area contributed by atoms with E-state index in [1.54, 1.807) is 6.92 Å². The van der Waals surface area contributed by atoms with Crippen LogP contribution in [0.2, 0.25) is 0 Å². The van der Waals surface area contributed by atoms with Gasteiger partial charge in [0.1, 0.15) is 0 Å². The van der Waals surface area contributed by atoms with Gasteiger partial charge in [-0.05, 0) is 36.6 Å². The quantitative estimate of drug-likeness (QED) is 0.645. The molecule has 0 aromatic heterocycles. The third-order valence-corrected chi connectivity index (χ3v) is 5.29. The molecule has 0 saturated heterocycles. The summed E-state index contributed by atoms with van der Waals surface area (Å²) in [5.74, 6) is -0.702. The molecule has 7 heteroatoms. The maximum Gasteiger partial charge on any atom is 0.306 e. The summed E-state index contributed by atoms with van der Waals surface area (Å²) >= 11 is 0. The fraction of sp³-hybridized carbons (Fsp3) is 0.500. The summed E-state index contributed by atoms with van der Waals surface area (Å²) in [6.07, 6.45) is 0.546. The van der Waals surface area contributed by atoms with Gasteiger partial charge in [-0.25, -0.2) is 8.42 Å². The van der Waals surface area contributed by atoms with Gasteiger partial charge in [-0.2, -0.15) is 4.31 Å². The highest BCUT2D eigenvalue weighted by molar-refractivity contribution is 7.89. The fourth-order valence-electron chi connectivity index (χ4n) is 2.36. The van der Waals surface area contributed by atoms with E-state index >= 15 is 0 Å². The SMILES string of the molecule is CCOC(=O)CCS(=O)(=O)N1CCc2ccc(N)cc2C1. The van der Waals surface area contributed by atoms with Gasteiger partial charge in [-0.15, -0.1) is 0 Å². The minimum atomic E-state index is -3.46. The summed E-state index contributed by atoms with van der Waals surface area (Å²) in [6.45, 7) is 2.70. The molecule has 1 aromatic rings. The number of esters is 1. The van der Waals surface area contributed by atoms with Crippen molar-refractivity contribution in [3.63, 3.8) is 0 Å². The molecular formula is C14H20N2O4S. The molecule has 0 radical (unpaired) electrons. The van der Waals surface area contributed by atoms with E-state index in [0.717, 1.165) is 11.1 Å². The van der Waals surface area contributed by atoms with E-state index in [1.165, 1.54) is 4.31 Å². The van der Waals surface area contributed by atoms with Crippen LogP contribution < -0.4 is 5.73 Å². The Morgan fingerprint density at radius 1 is 1.38 bits per heavy atom. The number of sulfonamides is 1. The Morgan fingerprint density at radius 2 is 2.14 bits per heavy atom. The average Bonchev–Trinajstić information content (AvgIpc) is 2.45. The molecule has 2 rings (SSSR count). The summed E-state index contributed by atoms with van der Waals surface area (Å²) in [5.41, 5.74) is 8.42. The van der Waals surface area contributed by atoms with Crippen molar-refractivity contribution in [2.45, 2.75) is 26.3 Å². The number of hydrogen-bond acceptors (Lipinski definition) is 5. The lowest BCUT2D eigenvalue weighted by Gasteiger charge is -2.28. The lowest BCUT2D eigenvalue weighted by molar-refractivity contribution is -0.142. The zero-order valence-corrected chi connectivity index (χ0v) is 12.9. The van der Waals surface area contributed by atoms with Gasteiger partial charge in [0, 0.05) is 18.8 Å². The van der Waals surface area contributed by atoms with Crippen LogP contribution >= 0.6 is 0 Å². The fourth-order valence-corrected chi connectivity index (χ4v) is 3.75. The first kappa shape index (κ1) is 15.8. The molecule has 6 nitrogen and oxygen atoms in total. The van der Waals surface area contributed by atoms with E-state index in [9.17, 15) is 13.2 Å². The number of benzene rings is 1. The van der Waals surface area contributed by atoms with Gasteiger partial charge < -0.3 is 10.5 Å². The Labute approximate surface area is 124 Å². The number of hydrogen-bond donors (Lipinski definition) is 1. The van der Waals surface area contributed by atoms with Crippen LogP contribution in [0.4, 0.5) is 5.69 Å². The summed E-state index contributed by atoms with van der Waals surface area (Å²) in [7, 11) is -3.46. The van der Waals surface area contributed by atoms with Gasteiger partial charge in [-0.3, -0.25) is 4.79 Å². The number of anilines is 1. The van der Waals surface area contributed by atoms with Gasteiger partial charge in [0.2, 0.25) is 10.0 Å². The number of ether oxygens (including phenoxy) is 1. The monoisotopic (exact) mass is 312 g/mol. The minimum Gasteiger partial charge on any atom is -0.466 e. The van der Waals surface area contributed by atoms with Crippen LogP contribution in [0.1, 0.15) is 24.5 Å². The molecule has 0 unspecified atom stereocenters. The molecule has 0 bridgehead atoms. The predicted molar refractivity (Wildman–Crippen MR) is 80.0 cm³/mol. The Bertz CT molecular complexity index is 628. The van der Waals surface area contributed by atoms with E-state index in [2.05, 4.69) is 0 Å². The normalized spacial score (nSPS) is 15.5. The Hall–Kier alpha value is -1.60. The smallest absolute Gasteiger partial charge is 0.306 e. The van der Waals surface area contributed by atoms with Crippen LogP contribution in [0.15, 0.2) is 18.2 Å². The standard InChI is InChI=1S/C14H20N2O4S/c1-2-20-14(17)6-8-21(18,19)16-7-5-11-3-4-13(15)9-12(11)10-16/h3-4,9H,2,5-8,10,15H2,1H3. The molecule has 0 saturated carbocycles. The molecule has 1 aliphatic heterocycles. The van der Waals surface area contributed by atoms with E-state index in [-0.39, 0.29) is 18.8 Å². The van der Waals surface area contributed by atoms with Crippen molar-refractivity contribution in [2.24, 2.45) is 0 Å². The number of rotatable bonds is 5. The lowest BCUT2D eigenvalue weighted by atomic mass is 10.0. The van der Waals surface area contributed by atoms with Gasteiger partial charge >= 0.3 is 5.97 Å². The molecular weight excluding hydrogens is 292 g/mol. The largest absolute Gasteiger partial charge is 0.466 e. The Morgan fingerprint density at radius 3 is 2.86 bits per heavy atom. The third kappa shape index (κ3) is 3.95. The van der Waals surface area contributed by atoms with Crippen LogP contribution in [0.5, 0.6) is 0 Å². The van der Waals surface area contributed by atoms with E-state index in [4.69, 9.17) is 10.5 Å². The molecule has 21 heavy (non-hydrogen) atoms. The maximum absolute atomic E-state index is 12.3. The molecule has 0 amide bonds. The lowest BCUT2D eigenvalue weighted by Crippen LogP contribution is -2.38. The van der Waals surface area contributed by atoms with Crippen molar-refractivity contribution in [1.29, 1.82) is 0 Å². The van der Waals surface area contributed by atoms with Crippen LogP contribution in [0.3, 0.4) is 0 Å². The number of carbonyl (C=O) groups is 1. The first-order valence-corrected chi connectivity index (χ1v) is 8.54. The van der Waals surface area contributed by atoms with Crippen molar-refractivity contribution < 1.29 is 17.9 Å². The maximum atomic E-state index is 12.3. The molecule has 2 N–H and O–H groups in total. The third-order valence-electron chi connectivity index (χ3n) is 3.47. The highest BCUT2D eigenvalue weighted by Gasteiger charge is 2.27. The van der Waals surface area contributed by atoms with Crippen molar-refractivity contribution >= 4 is 21.7 Å². The van der Waals surface area contributed by atoms with E-state index < -0.39 is 16.0 Å². The minimum absolute atomic E-state index is 0.115. The zero-order chi connectivity index (χ0) is 15.5. The zero-order valence-electron chi connectivity index (χ0n) is 12.0. The van der Waals surface area contributed by atoms with Crippen molar-refractivity contribution in [3.05, 3.63) is 29.3 Å². The van der Waals surface area contributed by atoms with Crippen LogP contribution in [0, 0.1) is 0 Å². The van der Waals surface area contributed by atoms with Gasteiger partial charge in [0.25, 0.3) is 0 Å². The second kappa shape index (κ2) is 6.44. The van der Waals surface area contributed by atoms with Crippen molar-refractivity contribution in [2.75, 3.05) is 24.6 Å². The van der Waals surface area contributed by atoms with Gasteiger partial charge in [-0.1, -0.05) is 6.07 Å². The number of nitrogen functional groups attached to an aromatic ring is 1. The molecule has 116 valence electrons. The van der Waals surface area contributed by atoms with Crippen LogP contribution in [-0.4, -0.2) is 37.6 Å². The summed E-state index contributed by atoms with van der Waals surface area (Å²) in [6, 6.07) is 5.57. The second-order valence-corrected chi connectivity index (χ2v) is 7.07. The van der Waals surface area contributed by atoms with E-state index in [1.807, 2.05) is 18.2 Å². The second-order valence-electron chi connectivity index (χ2n) is 4.98. The molecule has 0 aliphatic carbocycles. The number of fused-ring (bicyclic) bond motifs is 1. The van der Waals surface area contributed by atoms with Gasteiger partial charge in [0.05, 0.1) is 18.8 Å². The molecule has 0 spiro atoms. The molecule has 0 atom stereocenters. The van der Waals surface area contributed by atoms with Crippen molar-refractivity contribution in [3.8, 4) is 0 Å². The number of nitrogens with zero attached hydrogens (tertiary/aromatic N) is 1. The first-order chi connectivity index (χ1) is 9.92. The van der Waals surface area contributed by atoms with Crippen LogP contribution in [0.25, 0.3) is 0 Å². The molecule has 1 aliphatic rings. The highest BCUT2D eigenvalue weighted by Crippen LogP contribution is 2.23. The van der Waals surface area contributed by atoms with Crippen molar-refractivity contribution in [1.82, 2.24) is 4.31 Å². The number of nitrogens with two attached hydrogens (primary N) is 1. The van der Waals surface area contributed by atoms with E-state index in [0.29, 0.717) is 25.2 Å². The molecule has 1 aromatic carbocycles. The molecule has 0 fully saturated rings. The first-order valence-electron chi connectivity index (χ1n) is 6.93. The summed E-state index contributed by atoms with van der Waals surface area (Å²) in [5, 5.41) is 0. The topological polar surface area (TPSA) is 89.7 Å². The summed E-state index contributed by atoms with van der Waals surface area (Å²) in [4.78, 5) is 11.3. The average molecular weight is 312 g/mol. The van der Waals surface area contributed by atoms with Gasteiger partial charge in [0.15, 0.2) is 0 Å². The number of carbonyl (C=O) groups excluding carboxylic acids is 1.